The van der Waals surface area contributed by atoms with Crippen molar-refractivity contribution in [2.75, 3.05) is 18.4 Å². The van der Waals surface area contributed by atoms with Gasteiger partial charge >= 0.3 is 0 Å². The molecule has 3 aromatic carbocycles. The van der Waals surface area contributed by atoms with Crippen molar-refractivity contribution in [3.8, 4) is 0 Å². The van der Waals surface area contributed by atoms with Crippen molar-refractivity contribution in [3.63, 3.8) is 0 Å². The zero-order valence-corrected chi connectivity index (χ0v) is 18.5. The molecule has 156 valence electrons. The van der Waals surface area contributed by atoms with Crippen LogP contribution in [0.3, 0.4) is 0 Å². The Morgan fingerprint density at radius 1 is 1.03 bits per heavy atom. The van der Waals surface area contributed by atoms with E-state index in [1.807, 2.05) is 24.3 Å². The Labute approximate surface area is 181 Å². The van der Waals surface area contributed by atoms with E-state index in [4.69, 9.17) is 11.6 Å². The van der Waals surface area contributed by atoms with Crippen LogP contribution in [0.25, 0.3) is 10.8 Å². The minimum atomic E-state index is -3.69. The van der Waals surface area contributed by atoms with Crippen molar-refractivity contribution < 1.29 is 13.2 Å². The van der Waals surface area contributed by atoms with E-state index in [1.54, 1.807) is 13.8 Å². The number of sulfonamides is 1. The first-order valence-corrected chi connectivity index (χ1v) is 11.8. The summed E-state index contributed by atoms with van der Waals surface area (Å²) in [6, 6.07) is 14.3. The molecule has 0 heterocycles. The molecule has 1 aliphatic carbocycles. The number of anilines is 1. The monoisotopic (exact) mass is 442 g/mol. The van der Waals surface area contributed by atoms with Gasteiger partial charge in [-0.15, -0.1) is 0 Å². The van der Waals surface area contributed by atoms with E-state index in [1.165, 1.54) is 39.0 Å². The smallest absolute Gasteiger partial charge is 0.257 e. The van der Waals surface area contributed by atoms with Crippen LogP contribution in [0.2, 0.25) is 5.02 Å². The second kappa shape index (κ2) is 8.02. The minimum Gasteiger partial charge on any atom is -0.321 e. The number of hydrogen-bond donors (Lipinski definition) is 1. The van der Waals surface area contributed by atoms with Gasteiger partial charge in [-0.3, -0.25) is 4.79 Å². The fraction of sp³-hybridized carbons (Fsp3) is 0.261. The highest BCUT2D eigenvalue weighted by molar-refractivity contribution is 7.89. The fourth-order valence-corrected chi connectivity index (χ4v) is 5.79. The lowest BCUT2D eigenvalue weighted by molar-refractivity contribution is 0.102. The van der Waals surface area contributed by atoms with E-state index < -0.39 is 15.9 Å². The Morgan fingerprint density at radius 3 is 2.43 bits per heavy atom. The molecule has 5 nitrogen and oxygen atoms in total. The average Bonchev–Trinajstić information content (AvgIpc) is 3.15. The summed E-state index contributed by atoms with van der Waals surface area (Å²) in [7, 11) is -3.69. The Bertz CT molecular complexity index is 1240. The summed E-state index contributed by atoms with van der Waals surface area (Å²) >= 11 is 6.26. The lowest BCUT2D eigenvalue weighted by Gasteiger charge is -2.19. The second-order valence-electron chi connectivity index (χ2n) is 7.30. The highest BCUT2D eigenvalue weighted by Crippen LogP contribution is 2.35. The molecule has 4 rings (SSSR count). The predicted molar refractivity (Wildman–Crippen MR) is 121 cm³/mol. The molecule has 0 radical (unpaired) electrons. The Kier molecular flexibility index (Phi) is 5.57. The first kappa shape index (κ1) is 20.8. The molecule has 3 aromatic rings. The van der Waals surface area contributed by atoms with Crippen LogP contribution in [-0.2, 0) is 22.9 Å². The van der Waals surface area contributed by atoms with Crippen molar-refractivity contribution in [2.45, 2.75) is 31.6 Å². The van der Waals surface area contributed by atoms with Gasteiger partial charge in [-0.05, 0) is 53.6 Å². The first-order valence-electron chi connectivity index (χ1n) is 10.0. The standard InChI is InChI=1S/C23H23ClN2O3S/c1-3-26(4-2)30(28,29)17-11-12-20(24)19(14-17)23(27)25-21-13-10-16-9-8-15-6-5-7-18(21)22(15)16/h5-7,10-14H,3-4,8-9H2,1-2H3,(H,25,27). The van der Waals surface area contributed by atoms with Crippen LogP contribution in [0, 0.1) is 0 Å². The van der Waals surface area contributed by atoms with Crippen molar-refractivity contribution in [1.82, 2.24) is 4.31 Å². The van der Waals surface area contributed by atoms with Crippen molar-refractivity contribution >= 4 is 44.0 Å². The maximum Gasteiger partial charge on any atom is 0.257 e. The van der Waals surface area contributed by atoms with Gasteiger partial charge in [-0.25, -0.2) is 8.42 Å². The van der Waals surface area contributed by atoms with Gasteiger partial charge in [0.1, 0.15) is 0 Å². The van der Waals surface area contributed by atoms with Gasteiger partial charge in [0.05, 0.1) is 15.5 Å². The number of hydrogen-bond acceptors (Lipinski definition) is 3. The van der Waals surface area contributed by atoms with Gasteiger partial charge in [-0.2, -0.15) is 4.31 Å². The number of nitrogens with zero attached hydrogens (tertiary/aromatic N) is 1. The largest absolute Gasteiger partial charge is 0.321 e. The molecule has 30 heavy (non-hydrogen) atoms. The molecule has 0 saturated carbocycles. The zero-order chi connectivity index (χ0) is 21.5. The molecular formula is C23H23ClN2O3S. The van der Waals surface area contributed by atoms with Gasteiger partial charge in [0, 0.05) is 24.2 Å². The van der Waals surface area contributed by atoms with Gasteiger partial charge in [0.25, 0.3) is 5.91 Å². The molecular weight excluding hydrogens is 420 g/mol. The zero-order valence-electron chi connectivity index (χ0n) is 16.9. The summed E-state index contributed by atoms with van der Waals surface area (Å²) in [5.41, 5.74) is 3.39. The average molecular weight is 443 g/mol. The molecule has 1 amide bonds. The molecule has 0 aliphatic heterocycles. The third-order valence-electron chi connectivity index (χ3n) is 5.65. The van der Waals surface area contributed by atoms with Gasteiger partial charge in [0.2, 0.25) is 10.0 Å². The lowest BCUT2D eigenvalue weighted by atomic mass is 10.0. The third-order valence-corrected chi connectivity index (χ3v) is 8.03. The van der Waals surface area contributed by atoms with Gasteiger partial charge in [0.15, 0.2) is 0 Å². The number of benzene rings is 3. The van der Waals surface area contributed by atoms with E-state index in [2.05, 4.69) is 11.4 Å². The van der Waals surface area contributed by atoms with Crippen LogP contribution in [0.4, 0.5) is 5.69 Å². The molecule has 0 spiro atoms. The molecule has 0 bridgehead atoms. The highest BCUT2D eigenvalue weighted by atomic mass is 35.5. The maximum atomic E-state index is 13.0. The predicted octanol–water partition coefficient (Wildman–Crippen LogP) is 4.87. The molecule has 0 unspecified atom stereocenters. The van der Waals surface area contributed by atoms with Crippen molar-refractivity contribution in [2.24, 2.45) is 0 Å². The van der Waals surface area contributed by atoms with Crippen LogP contribution < -0.4 is 5.32 Å². The van der Waals surface area contributed by atoms with Gasteiger partial charge in [-0.1, -0.05) is 49.7 Å². The number of amides is 1. The Morgan fingerprint density at radius 2 is 1.73 bits per heavy atom. The fourth-order valence-electron chi connectivity index (χ4n) is 4.10. The van der Waals surface area contributed by atoms with Gasteiger partial charge < -0.3 is 5.32 Å². The Hall–Kier alpha value is -2.41. The summed E-state index contributed by atoms with van der Waals surface area (Å²) in [6.45, 7) is 4.26. The third kappa shape index (κ3) is 3.49. The number of nitrogens with one attached hydrogen (secondary N) is 1. The minimum absolute atomic E-state index is 0.0566. The first-order chi connectivity index (χ1) is 14.4. The van der Waals surface area contributed by atoms with Crippen LogP contribution in [0.15, 0.2) is 53.4 Å². The molecule has 0 atom stereocenters. The summed E-state index contributed by atoms with van der Waals surface area (Å²) in [5, 5.41) is 5.31. The number of aryl methyl sites for hydroxylation is 2. The summed E-state index contributed by atoms with van der Waals surface area (Å²) in [5.74, 6) is -0.435. The summed E-state index contributed by atoms with van der Waals surface area (Å²) < 4.78 is 27.0. The summed E-state index contributed by atoms with van der Waals surface area (Å²) in [4.78, 5) is 13.1. The molecule has 0 fully saturated rings. The van der Waals surface area contributed by atoms with Crippen LogP contribution in [0.1, 0.15) is 35.3 Å². The maximum absolute atomic E-state index is 13.0. The van der Waals surface area contributed by atoms with Crippen molar-refractivity contribution in [3.05, 3.63) is 70.2 Å². The normalized spacial score (nSPS) is 13.2. The molecule has 7 heteroatoms. The second-order valence-corrected chi connectivity index (χ2v) is 9.64. The number of halogens is 1. The number of rotatable bonds is 6. The van der Waals surface area contributed by atoms with E-state index >= 15 is 0 Å². The molecule has 1 aliphatic rings. The Balaban J connectivity index is 1.71. The number of carbonyl (C=O) groups is 1. The summed E-state index contributed by atoms with van der Waals surface area (Å²) in [6.07, 6.45) is 2.00. The van der Waals surface area contributed by atoms with Crippen LogP contribution in [-0.4, -0.2) is 31.7 Å². The highest BCUT2D eigenvalue weighted by Gasteiger charge is 2.24. The topological polar surface area (TPSA) is 66.5 Å². The van der Waals surface area contributed by atoms with Crippen LogP contribution >= 0.6 is 11.6 Å². The molecule has 0 saturated heterocycles. The number of carbonyl (C=O) groups excluding carboxylic acids is 1. The molecule has 1 N–H and O–H groups in total. The quantitative estimate of drug-likeness (QED) is 0.592. The van der Waals surface area contributed by atoms with E-state index in [-0.39, 0.29) is 15.5 Å². The lowest BCUT2D eigenvalue weighted by Crippen LogP contribution is -2.30. The van der Waals surface area contributed by atoms with Crippen molar-refractivity contribution in [1.29, 1.82) is 0 Å². The SMILES string of the molecule is CCN(CC)S(=O)(=O)c1ccc(Cl)c(C(=O)Nc2ccc3c4c(cccc24)CC3)c1. The van der Waals surface area contributed by atoms with E-state index in [0.717, 1.165) is 18.2 Å². The van der Waals surface area contributed by atoms with E-state index in [9.17, 15) is 13.2 Å². The molecule has 0 aromatic heterocycles. The van der Waals surface area contributed by atoms with Crippen LogP contribution in [0.5, 0.6) is 0 Å². The van der Waals surface area contributed by atoms with E-state index in [0.29, 0.717) is 18.8 Å².